The van der Waals surface area contributed by atoms with E-state index in [2.05, 4.69) is 26.0 Å². The van der Waals surface area contributed by atoms with Crippen LogP contribution in [0.1, 0.15) is 12.2 Å². The third-order valence-electron chi connectivity index (χ3n) is 1.82. The molecule has 1 aliphatic rings. The summed E-state index contributed by atoms with van der Waals surface area (Å²) in [5.74, 6) is 1.39. The maximum absolute atomic E-state index is 5.45. The SMILES string of the molecule is Nc1nc2n(n1)CCC(Br)C2. The van der Waals surface area contributed by atoms with Gasteiger partial charge in [0.2, 0.25) is 5.95 Å². The number of nitrogens with zero attached hydrogens (tertiary/aromatic N) is 3. The van der Waals surface area contributed by atoms with Gasteiger partial charge >= 0.3 is 0 Å². The minimum absolute atomic E-state index is 0.390. The van der Waals surface area contributed by atoms with Crippen LogP contribution in [0.15, 0.2) is 0 Å². The lowest BCUT2D eigenvalue weighted by Gasteiger charge is -2.15. The molecule has 1 unspecified atom stereocenters. The Balaban J connectivity index is 2.34. The number of halogens is 1. The zero-order chi connectivity index (χ0) is 7.84. The van der Waals surface area contributed by atoms with Gasteiger partial charge in [-0.25, -0.2) is 4.68 Å². The van der Waals surface area contributed by atoms with Gasteiger partial charge in [-0.1, -0.05) is 15.9 Å². The molecule has 2 N–H and O–H groups in total. The Labute approximate surface area is 72.9 Å². The minimum Gasteiger partial charge on any atom is -0.366 e. The second-order valence-electron chi connectivity index (χ2n) is 2.70. The van der Waals surface area contributed by atoms with Gasteiger partial charge in [0.15, 0.2) is 0 Å². The number of hydrogen-bond donors (Lipinski definition) is 1. The Bertz CT molecular complexity index is 270. The highest BCUT2D eigenvalue weighted by Crippen LogP contribution is 2.18. The Morgan fingerprint density at radius 1 is 1.64 bits per heavy atom. The Kier molecular flexibility index (Phi) is 1.60. The van der Waals surface area contributed by atoms with Gasteiger partial charge in [-0.15, -0.1) is 5.10 Å². The maximum Gasteiger partial charge on any atom is 0.239 e. The van der Waals surface area contributed by atoms with E-state index >= 15 is 0 Å². The van der Waals surface area contributed by atoms with E-state index in [1.54, 1.807) is 0 Å². The van der Waals surface area contributed by atoms with Gasteiger partial charge in [-0.3, -0.25) is 0 Å². The molecule has 0 aromatic carbocycles. The summed E-state index contributed by atoms with van der Waals surface area (Å²) in [5, 5.41) is 4.05. The summed E-state index contributed by atoms with van der Waals surface area (Å²) < 4.78 is 1.88. The molecule has 11 heavy (non-hydrogen) atoms. The van der Waals surface area contributed by atoms with Crippen molar-refractivity contribution in [2.75, 3.05) is 5.73 Å². The molecule has 1 aliphatic heterocycles. The standard InChI is InChI=1S/C6H9BrN4/c7-4-1-2-11-5(3-4)9-6(8)10-11/h4H,1-3H2,(H2,8,10). The van der Waals surface area contributed by atoms with Crippen molar-refractivity contribution in [3.05, 3.63) is 5.82 Å². The van der Waals surface area contributed by atoms with Crippen LogP contribution in [-0.2, 0) is 13.0 Å². The lowest BCUT2D eigenvalue weighted by molar-refractivity contribution is 0.492. The molecular formula is C6H9BrN4. The molecule has 0 spiro atoms. The van der Waals surface area contributed by atoms with Crippen molar-refractivity contribution in [1.82, 2.24) is 14.8 Å². The van der Waals surface area contributed by atoms with E-state index < -0.39 is 0 Å². The van der Waals surface area contributed by atoms with Crippen molar-refractivity contribution in [3.63, 3.8) is 0 Å². The number of anilines is 1. The second kappa shape index (κ2) is 2.48. The zero-order valence-electron chi connectivity index (χ0n) is 6.00. The molecule has 0 fully saturated rings. The molecule has 60 valence electrons. The van der Waals surface area contributed by atoms with Crippen molar-refractivity contribution >= 4 is 21.9 Å². The van der Waals surface area contributed by atoms with Crippen molar-refractivity contribution in [3.8, 4) is 0 Å². The fourth-order valence-electron chi connectivity index (χ4n) is 1.29. The summed E-state index contributed by atoms with van der Waals surface area (Å²) in [6.07, 6.45) is 2.04. The first-order chi connectivity index (χ1) is 5.25. The van der Waals surface area contributed by atoms with Crippen molar-refractivity contribution in [1.29, 1.82) is 0 Å². The quantitative estimate of drug-likeness (QED) is 0.646. The minimum atomic E-state index is 0.390. The van der Waals surface area contributed by atoms with Gasteiger partial charge in [0, 0.05) is 17.8 Å². The maximum atomic E-state index is 5.45. The molecule has 0 bridgehead atoms. The highest BCUT2D eigenvalue weighted by molar-refractivity contribution is 9.09. The Morgan fingerprint density at radius 3 is 3.27 bits per heavy atom. The molecule has 5 heteroatoms. The number of hydrogen-bond acceptors (Lipinski definition) is 3. The van der Waals surface area contributed by atoms with Gasteiger partial charge in [-0.05, 0) is 6.42 Å². The van der Waals surface area contributed by atoms with E-state index in [1.165, 1.54) is 0 Å². The largest absolute Gasteiger partial charge is 0.366 e. The fourth-order valence-corrected chi connectivity index (χ4v) is 1.78. The summed E-state index contributed by atoms with van der Waals surface area (Å²) in [4.78, 5) is 4.64. The second-order valence-corrected chi connectivity index (χ2v) is 3.99. The van der Waals surface area contributed by atoms with Crippen LogP contribution in [0.4, 0.5) is 5.95 Å². The first-order valence-corrected chi connectivity index (χ1v) is 4.50. The van der Waals surface area contributed by atoms with E-state index in [0.29, 0.717) is 10.8 Å². The van der Waals surface area contributed by atoms with Gasteiger partial charge in [0.1, 0.15) is 5.82 Å². The lowest BCUT2D eigenvalue weighted by atomic mass is 10.2. The average molecular weight is 217 g/mol. The number of alkyl halides is 1. The van der Waals surface area contributed by atoms with Crippen molar-refractivity contribution in [2.45, 2.75) is 24.2 Å². The number of nitrogens with two attached hydrogens (primary N) is 1. The molecule has 2 rings (SSSR count). The van der Waals surface area contributed by atoms with Gasteiger partial charge in [-0.2, -0.15) is 4.98 Å². The first kappa shape index (κ1) is 7.09. The van der Waals surface area contributed by atoms with Crippen LogP contribution in [0.2, 0.25) is 0 Å². The predicted molar refractivity (Wildman–Crippen MR) is 45.5 cm³/mol. The Hall–Kier alpha value is -0.580. The predicted octanol–water partition coefficient (Wildman–Crippen LogP) is 0.570. The van der Waals surface area contributed by atoms with Crippen LogP contribution in [-0.4, -0.2) is 19.6 Å². The molecule has 0 amide bonds. The topological polar surface area (TPSA) is 56.7 Å². The highest BCUT2D eigenvalue weighted by Gasteiger charge is 2.18. The molecular weight excluding hydrogens is 208 g/mol. The zero-order valence-corrected chi connectivity index (χ0v) is 7.58. The number of aromatic nitrogens is 3. The molecule has 1 aromatic heterocycles. The van der Waals surface area contributed by atoms with E-state index in [9.17, 15) is 0 Å². The molecule has 0 radical (unpaired) electrons. The number of nitrogen functional groups attached to an aromatic ring is 1. The third kappa shape index (κ3) is 1.24. The van der Waals surface area contributed by atoms with Crippen LogP contribution in [0.25, 0.3) is 0 Å². The number of fused-ring (bicyclic) bond motifs is 1. The molecule has 2 heterocycles. The monoisotopic (exact) mass is 216 g/mol. The summed E-state index contributed by atoms with van der Waals surface area (Å²) in [5.41, 5.74) is 5.45. The van der Waals surface area contributed by atoms with Crippen LogP contribution < -0.4 is 5.73 Å². The Morgan fingerprint density at radius 2 is 2.45 bits per heavy atom. The van der Waals surface area contributed by atoms with E-state index in [4.69, 9.17) is 5.73 Å². The van der Waals surface area contributed by atoms with Crippen molar-refractivity contribution < 1.29 is 0 Å². The highest BCUT2D eigenvalue weighted by atomic mass is 79.9. The molecule has 0 saturated carbocycles. The summed E-state index contributed by atoms with van der Waals surface area (Å²) >= 11 is 3.55. The fraction of sp³-hybridized carbons (Fsp3) is 0.667. The van der Waals surface area contributed by atoms with E-state index in [1.807, 2.05) is 4.68 Å². The summed E-state index contributed by atoms with van der Waals surface area (Å²) in [6.45, 7) is 0.926. The van der Waals surface area contributed by atoms with E-state index in [0.717, 1.165) is 25.2 Å². The molecule has 1 aromatic rings. The molecule has 0 aliphatic carbocycles. The van der Waals surface area contributed by atoms with Crippen LogP contribution >= 0.6 is 15.9 Å². The van der Waals surface area contributed by atoms with Crippen molar-refractivity contribution in [2.24, 2.45) is 0 Å². The summed E-state index contributed by atoms with van der Waals surface area (Å²) in [6, 6.07) is 0. The smallest absolute Gasteiger partial charge is 0.239 e. The molecule has 4 nitrogen and oxygen atoms in total. The van der Waals surface area contributed by atoms with Crippen LogP contribution in [0, 0.1) is 0 Å². The molecule has 1 atom stereocenters. The average Bonchev–Trinajstić information content (AvgIpc) is 2.27. The number of rotatable bonds is 0. The van der Waals surface area contributed by atoms with Gasteiger partial charge < -0.3 is 5.73 Å². The van der Waals surface area contributed by atoms with Crippen LogP contribution in [0.3, 0.4) is 0 Å². The normalized spacial score (nSPS) is 23.2. The first-order valence-electron chi connectivity index (χ1n) is 3.59. The van der Waals surface area contributed by atoms with Gasteiger partial charge in [0.05, 0.1) is 0 Å². The molecule has 0 saturated heterocycles. The van der Waals surface area contributed by atoms with E-state index in [-0.39, 0.29) is 0 Å². The van der Waals surface area contributed by atoms with Crippen LogP contribution in [0.5, 0.6) is 0 Å². The number of aryl methyl sites for hydroxylation is 1. The summed E-state index contributed by atoms with van der Waals surface area (Å²) in [7, 11) is 0. The lowest BCUT2D eigenvalue weighted by Crippen LogP contribution is -2.19. The van der Waals surface area contributed by atoms with Gasteiger partial charge in [0.25, 0.3) is 0 Å². The third-order valence-corrected chi connectivity index (χ3v) is 2.60.